The lowest BCUT2D eigenvalue weighted by molar-refractivity contribution is 0.0951. The van der Waals surface area contributed by atoms with Crippen molar-refractivity contribution in [3.8, 4) is 11.1 Å². The molecule has 0 spiro atoms. The van der Waals surface area contributed by atoms with Crippen molar-refractivity contribution in [1.82, 2.24) is 5.32 Å². The summed E-state index contributed by atoms with van der Waals surface area (Å²) in [6, 6.07) is 22.9. The van der Waals surface area contributed by atoms with Crippen LogP contribution in [0.25, 0.3) is 11.1 Å². The highest BCUT2D eigenvalue weighted by molar-refractivity contribution is 9.10. The number of carbonyl (C=O) groups is 1. The molecule has 0 aliphatic heterocycles. The number of rotatable bonds is 4. The van der Waals surface area contributed by atoms with Crippen molar-refractivity contribution in [2.75, 3.05) is 0 Å². The van der Waals surface area contributed by atoms with Crippen molar-refractivity contribution in [2.45, 2.75) is 6.54 Å². The molecule has 0 saturated heterocycles. The summed E-state index contributed by atoms with van der Waals surface area (Å²) in [6.45, 7) is 0.438. The molecule has 120 valence electrons. The lowest BCUT2D eigenvalue weighted by atomic mass is 9.99. The van der Waals surface area contributed by atoms with E-state index in [4.69, 9.17) is 11.6 Å². The largest absolute Gasteiger partial charge is 0.348 e. The fourth-order valence-electron chi connectivity index (χ4n) is 2.50. The molecule has 0 unspecified atom stereocenters. The Balaban J connectivity index is 1.85. The van der Waals surface area contributed by atoms with Crippen LogP contribution in [-0.2, 0) is 6.54 Å². The summed E-state index contributed by atoms with van der Waals surface area (Å²) in [6.07, 6.45) is 0. The highest BCUT2D eigenvalue weighted by Gasteiger charge is 2.11. The van der Waals surface area contributed by atoms with E-state index in [-0.39, 0.29) is 5.91 Å². The molecule has 4 heteroatoms. The van der Waals surface area contributed by atoms with Gasteiger partial charge >= 0.3 is 0 Å². The summed E-state index contributed by atoms with van der Waals surface area (Å²) in [7, 11) is 0. The normalized spacial score (nSPS) is 10.4. The molecule has 0 heterocycles. The third-order valence-corrected chi connectivity index (χ3v) is 4.73. The van der Waals surface area contributed by atoms with E-state index in [1.165, 1.54) is 0 Å². The topological polar surface area (TPSA) is 29.1 Å². The lowest BCUT2D eigenvalue weighted by Gasteiger charge is -2.13. The van der Waals surface area contributed by atoms with Crippen molar-refractivity contribution in [1.29, 1.82) is 0 Å². The van der Waals surface area contributed by atoms with E-state index in [1.807, 2.05) is 60.7 Å². The molecular weight excluding hydrogens is 386 g/mol. The second kappa shape index (κ2) is 7.65. The molecule has 1 N–H and O–H groups in total. The molecule has 0 aliphatic carbocycles. The van der Waals surface area contributed by atoms with Crippen molar-refractivity contribution >= 4 is 33.4 Å². The SMILES string of the molecule is O=C(NCc1c(Br)cccc1-c1ccc(Cl)cc1)c1ccccc1. The van der Waals surface area contributed by atoms with Crippen LogP contribution in [0.3, 0.4) is 0 Å². The Morgan fingerprint density at radius 2 is 1.62 bits per heavy atom. The van der Waals surface area contributed by atoms with E-state index in [9.17, 15) is 4.79 Å². The fraction of sp³-hybridized carbons (Fsp3) is 0.0500. The van der Waals surface area contributed by atoms with Crippen molar-refractivity contribution in [2.24, 2.45) is 0 Å². The molecule has 0 atom stereocenters. The van der Waals surface area contributed by atoms with Gasteiger partial charge in [0.25, 0.3) is 5.91 Å². The number of halogens is 2. The third-order valence-electron chi connectivity index (χ3n) is 3.74. The van der Waals surface area contributed by atoms with Gasteiger partial charge in [0.2, 0.25) is 0 Å². The number of carbonyl (C=O) groups excluding carboxylic acids is 1. The Kier molecular flexibility index (Phi) is 5.34. The Morgan fingerprint density at radius 1 is 0.917 bits per heavy atom. The summed E-state index contributed by atoms with van der Waals surface area (Å²) in [5, 5.41) is 3.68. The van der Waals surface area contributed by atoms with E-state index in [0.717, 1.165) is 21.2 Å². The average molecular weight is 401 g/mol. The average Bonchev–Trinajstić information content (AvgIpc) is 2.62. The predicted molar refractivity (Wildman–Crippen MR) is 102 cm³/mol. The summed E-state index contributed by atoms with van der Waals surface area (Å²) < 4.78 is 0.961. The summed E-state index contributed by atoms with van der Waals surface area (Å²) in [4.78, 5) is 12.3. The first-order valence-corrected chi connectivity index (χ1v) is 8.69. The van der Waals surface area contributed by atoms with Gasteiger partial charge in [0.05, 0.1) is 0 Å². The van der Waals surface area contributed by atoms with Crippen molar-refractivity contribution in [3.63, 3.8) is 0 Å². The molecule has 0 radical (unpaired) electrons. The van der Waals surface area contributed by atoms with E-state index < -0.39 is 0 Å². The van der Waals surface area contributed by atoms with Crippen LogP contribution in [0.5, 0.6) is 0 Å². The van der Waals surface area contributed by atoms with Gasteiger partial charge in [-0.15, -0.1) is 0 Å². The van der Waals surface area contributed by atoms with Gasteiger partial charge < -0.3 is 5.32 Å². The minimum absolute atomic E-state index is 0.0894. The van der Waals surface area contributed by atoms with Crippen LogP contribution >= 0.6 is 27.5 Å². The molecule has 3 aromatic rings. The van der Waals surface area contributed by atoms with Crippen LogP contribution in [-0.4, -0.2) is 5.91 Å². The van der Waals surface area contributed by atoms with Gasteiger partial charge in [0, 0.05) is 21.6 Å². The zero-order chi connectivity index (χ0) is 16.9. The first kappa shape index (κ1) is 16.7. The molecule has 0 fully saturated rings. The van der Waals surface area contributed by atoms with Crippen LogP contribution in [0.1, 0.15) is 15.9 Å². The molecule has 3 aromatic carbocycles. The molecule has 0 saturated carbocycles. The molecule has 0 aliphatic rings. The van der Waals surface area contributed by atoms with Crippen LogP contribution in [0.15, 0.2) is 77.3 Å². The summed E-state index contributed by atoms with van der Waals surface area (Å²) >= 11 is 9.56. The van der Waals surface area contributed by atoms with Gasteiger partial charge in [0.15, 0.2) is 0 Å². The number of nitrogens with one attached hydrogen (secondary N) is 1. The number of amides is 1. The second-order valence-corrected chi connectivity index (χ2v) is 6.61. The predicted octanol–water partition coefficient (Wildman–Crippen LogP) is 5.70. The Bertz CT molecular complexity index is 847. The Morgan fingerprint density at radius 3 is 2.33 bits per heavy atom. The maximum absolute atomic E-state index is 12.3. The van der Waals surface area contributed by atoms with Crippen molar-refractivity contribution in [3.05, 3.63) is 93.4 Å². The van der Waals surface area contributed by atoms with Crippen LogP contribution in [0.2, 0.25) is 5.02 Å². The van der Waals surface area contributed by atoms with Crippen LogP contribution in [0.4, 0.5) is 0 Å². The van der Waals surface area contributed by atoms with Crippen molar-refractivity contribution < 1.29 is 4.79 Å². The van der Waals surface area contributed by atoms with Gasteiger partial charge in [-0.05, 0) is 47.0 Å². The summed E-state index contributed by atoms with van der Waals surface area (Å²) in [5.74, 6) is -0.0894. The molecular formula is C20H15BrClNO. The van der Waals surface area contributed by atoms with Gasteiger partial charge in [-0.2, -0.15) is 0 Å². The number of hydrogen-bond donors (Lipinski definition) is 1. The lowest BCUT2D eigenvalue weighted by Crippen LogP contribution is -2.23. The van der Waals surface area contributed by atoms with Crippen LogP contribution in [0, 0.1) is 0 Å². The highest BCUT2D eigenvalue weighted by atomic mass is 79.9. The minimum atomic E-state index is -0.0894. The molecule has 0 bridgehead atoms. The molecule has 24 heavy (non-hydrogen) atoms. The summed E-state index contributed by atoms with van der Waals surface area (Å²) in [5.41, 5.74) is 3.81. The molecule has 1 amide bonds. The van der Waals surface area contributed by atoms with E-state index in [1.54, 1.807) is 12.1 Å². The smallest absolute Gasteiger partial charge is 0.251 e. The van der Waals surface area contributed by atoms with E-state index in [2.05, 4.69) is 21.2 Å². The Hall–Kier alpha value is -2.10. The molecule has 2 nitrogen and oxygen atoms in total. The monoisotopic (exact) mass is 399 g/mol. The third kappa shape index (κ3) is 3.86. The maximum atomic E-state index is 12.3. The zero-order valence-electron chi connectivity index (χ0n) is 12.8. The van der Waals surface area contributed by atoms with Gasteiger partial charge in [-0.25, -0.2) is 0 Å². The number of hydrogen-bond acceptors (Lipinski definition) is 1. The fourth-order valence-corrected chi connectivity index (χ4v) is 3.13. The first-order valence-electron chi connectivity index (χ1n) is 7.52. The highest BCUT2D eigenvalue weighted by Crippen LogP contribution is 2.30. The molecule has 0 aromatic heterocycles. The van der Waals surface area contributed by atoms with Gasteiger partial charge in [0.1, 0.15) is 0 Å². The van der Waals surface area contributed by atoms with Gasteiger partial charge in [-0.3, -0.25) is 4.79 Å². The quantitative estimate of drug-likeness (QED) is 0.598. The van der Waals surface area contributed by atoms with Gasteiger partial charge in [-0.1, -0.05) is 70.0 Å². The van der Waals surface area contributed by atoms with E-state index in [0.29, 0.717) is 17.1 Å². The molecule has 3 rings (SSSR count). The second-order valence-electron chi connectivity index (χ2n) is 5.32. The maximum Gasteiger partial charge on any atom is 0.251 e. The first-order chi connectivity index (χ1) is 11.6. The van der Waals surface area contributed by atoms with E-state index >= 15 is 0 Å². The number of benzene rings is 3. The standard InChI is InChI=1S/C20H15BrClNO/c21-19-8-4-7-17(14-9-11-16(22)12-10-14)18(19)13-23-20(24)15-5-2-1-3-6-15/h1-12H,13H2,(H,23,24). The minimum Gasteiger partial charge on any atom is -0.348 e. The van der Waals surface area contributed by atoms with Crippen LogP contribution < -0.4 is 5.32 Å². The zero-order valence-corrected chi connectivity index (χ0v) is 15.1. The Labute approximate surface area is 154 Å².